The molecule has 3 aromatic carbocycles. The lowest BCUT2D eigenvalue weighted by Crippen LogP contribution is -2.59. The van der Waals surface area contributed by atoms with Gasteiger partial charge in [0.1, 0.15) is 11.8 Å². The zero-order valence-corrected chi connectivity index (χ0v) is 22.1. The van der Waals surface area contributed by atoms with E-state index in [0.29, 0.717) is 22.7 Å². The maximum Gasteiger partial charge on any atom is 0.252 e. The summed E-state index contributed by atoms with van der Waals surface area (Å²) in [5.74, 6) is -0.449. The maximum absolute atomic E-state index is 14.3. The Balaban J connectivity index is 1.93. The summed E-state index contributed by atoms with van der Waals surface area (Å²) in [5, 5.41) is 17.2. The van der Waals surface area contributed by atoms with E-state index in [1.54, 1.807) is 51.1 Å². The molecular formula is C29H31N5O4. The van der Waals surface area contributed by atoms with E-state index in [4.69, 9.17) is 4.74 Å². The van der Waals surface area contributed by atoms with Gasteiger partial charge in [0.15, 0.2) is 0 Å². The van der Waals surface area contributed by atoms with Crippen LogP contribution < -0.4 is 25.2 Å². The molecule has 196 valence electrons. The minimum Gasteiger partial charge on any atom is -0.496 e. The second kappa shape index (κ2) is 10.9. The highest BCUT2D eigenvalue weighted by Gasteiger charge is 2.42. The number of rotatable bonds is 6. The minimum atomic E-state index is -1.04. The Hall–Kier alpha value is -4.42. The Morgan fingerprint density at radius 3 is 2.53 bits per heavy atom. The number of likely N-dealkylation sites (N-methyl/N-ethyl adjacent to an activating group) is 1. The number of hydrogen-bond donors (Lipinski definition) is 2. The third-order valence-corrected chi connectivity index (χ3v) is 7.07. The quantitative estimate of drug-likeness (QED) is 0.524. The SMILES string of the molecule is CNC(C)C(=O)N[C@@H]1C(=O)N(Cc2c(OC)ccc3ccccc23)c2ccc(C#N)cc2N(C(C)=O)[C@H]1C. The Morgan fingerprint density at radius 1 is 1.13 bits per heavy atom. The van der Waals surface area contributed by atoms with Gasteiger partial charge in [-0.2, -0.15) is 5.26 Å². The second-order valence-electron chi connectivity index (χ2n) is 9.33. The summed E-state index contributed by atoms with van der Waals surface area (Å²) in [7, 11) is 3.23. The van der Waals surface area contributed by atoms with Crippen LogP contribution >= 0.6 is 0 Å². The van der Waals surface area contributed by atoms with Gasteiger partial charge in [-0.1, -0.05) is 30.3 Å². The number of carbonyl (C=O) groups excluding carboxylic acids is 3. The third-order valence-electron chi connectivity index (χ3n) is 7.07. The van der Waals surface area contributed by atoms with Gasteiger partial charge in [0, 0.05) is 12.5 Å². The van der Waals surface area contributed by atoms with Crippen molar-refractivity contribution in [2.45, 2.75) is 45.4 Å². The molecule has 1 unspecified atom stereocenters. The molecule has 38 heavy (non-hydrogen) atoms. The van der Waals surface area contributed by atoms with Crippen LogP contribution in [0.25, 0.3) is 10.8 Å². The molecule has 9 nitrogen and oxygen atoms in total. The summed E-state index contributed by atoms with van der Waals surface area (Å²) in [5.41, 5.74) is 2.02. The smallest absolute Gasteiger partial charge is 0.252 e. The van der Waals surface area contributed by atoms with Crippen molar-refractivity contribution in [1.29, 1.82) is 5.26 Å². The summed E-state index contributed by atoms with van der Waals surface area (Å²) < 4.78 is 5.68. The van der Waals surface area contributed by atoms with E-state index < -0.39 is 18.1 Å². The number of ether oxygens (including phenoxy) is 1. The van der Waals surface area contributed by atoms with Gasteiger partial charge in [0.05, 0.1) is 48.7 Å². The lowest BCUT2D eigenvalue weighted by Gasteiger charge is -2.32. The topological polar surface area (TPSA) is 115 Å². The van der Waals surface area contributed by atoms with Crippen LogP contribution in [0, 0.1) is 11.3 Å². The van der Waals surface area contributed by atoms with E-state index in [1.165, 1.54) is 11.8 Å². The van der Waals surface area contributed by atoms with Crippen molar-refractivity contribution in [3.05, 3.63) is 65.7 Å². The fourth-order valence-corrected chi connectivity index (χ4v) is 4.92. The monoisotopic (exact) mass is 513 g/mol. The molecule has 1 heterocycles. The van der Waals surface area contributed by atoms with Crippen molar-refractivity contribution in [3.8, 4) is 11.8 Å². The highest BCUT2D eigenvalue weighted by molar-refractivity contribution is 6.09. The van der Waals surface area contributed by atoms with Crippen molar-refractivity contribution in [2.75, 3.05) is 24.0 Å². The number of anilines is 2. The number of amides is 3. The maximum atomic E-state index is 14.3. The van der Waals surface area contributed by atoms with Crippen LogP contribution in [0.3, 0.4) is 0 Å². The predicted molar refractivity (Wildman–Crippen MR) is 146 cm³/mol. The molecule has 1 aliphatic rings. The Labute approximate surface area is 222 Å². The molecule has 2 N–H and O–H groups in total. The van der Waals surface area contributed by atoms with Crippen LogP contribution in [0.4, 0.5) is 11.4 Å². The number of benzene rings is 3. The summed E-state index contributed by atoms with van der Waals surface area (Å²) in [6.45, 7) is 4.94. The fourth-order valence-electron chi connectivity index (χ4n) is 4.92. The normalized spacial score (nSPS) is 17.8. The van der Waals surface area contributed by atoms with Crippen LogP contribution in [0.15, 0.2) is 54.6 Å². The average molecular weight is 514 g/mol. The highest BCUT2D eigenvalue weighted by atomic mass is 16.5. The molecule has 1 aliphatic heterocycles. The van der Waals surface area contributed by atoms with Crippen LogP contribution in [-0.4, -0.2) is 50.0 Å². The molecule has 0 bridgehead atoms. The minimum absolute atomic E-state index is 0.120. The molecule has 0 saturated heterocycles. The van der Waals surface area contributed by atoms with Crippen LogP contribution in [0.1, 0.15) is 31.9 Å². The molecule has 0 aromatic heterocycles. The summed E-state index contributed by atoms with van der Waals surface area (Å²) in [6, 6.07) is 16.3. The molecular weight excluding hydrogens is 482 g/mol. The molecule has 0 spiro atoms. The zero-order valence-electron chi connectivity index (χ0n) is 22.1. The van der Waals surface area contributed by atoms with Gasteiger partial charge in [0.2, 0.25) is 11.8 Å². The number of nitriles is 1. The number of fused-ring (bicyclic) bond motifs is 2. The van der Waals surface area contributed by atoms with Gasteiger partial charge in [-0.25, -0.2) is 0 Å². The van der Waals surface area contributed by atoms with Gasteiger partial charge in [-0.3, -0.25) is 14.4 Å². The molecule has 4 rings (SSSR count). The Bertz CT molecular complexity index is 1450. The van der Waals surface area contributed by atoms with Gasteiger partial charge in [-0.15, -0.1) is 0 Å². The third kappa shape index (κ3) is 4.78. The van der Waals surface area contributed by atoms with Crippen molar-refractivity contribution in [1.82, 2.24) is 10.6 Å². The molecule has 3 atom stereocenters. The predicted octanol–water partition coefficient (Wildman–Crippen LogP) is 3.10. The second-order valence-corrected chi connectivity index (χ2v) is 9.33. The van der Waals surface area contributed by atoms with Gasteiger partial charge < -0.3 is 25.2 Å². The molecule has 3 aromatic rings. The van der Waals surface area contributed by atoms with E-state index in [0.717, 1.165) is 16.3 Å². The zero-order chi connectivity index (χ0) is 27.6. The van der Waals surface area contributed by atoms with E-state index in [2.05, 4.69) is 16.7 Å². The largest absolute Gasteiger partial charge is 0.496 e. The van der Waals surface area contributed by atoms with Gasteiger partial charge >= 0.3 is 0 Å². The number of nitrogens with one attached hydrogen (secondary N) is 2. The van der Waals surface area contributed by atoms with Crippen LogP contribution in [-0.2, 0) is 20.9 Å². The number of methoxy groups -OCH3 is 1. The van der Waals surface area contributed by atoms with Crippen LogP contribution in [0.2, 0.25) is 0 Å². The van der Waals surface area contributed by atoms with E-state index in [9.17, 15) is 19.6 Å². The van der Waals surface area contributed by atoms with Crippen molar-refractivity contribution < 1.29 is 19.1 Å². The lowest BCUT2D eigenvalue weighted by atomic mass is 10.0. The molecule has 0 radical (unpaired) electrons. The first-order valence-corrected chi connectivity index (χ1v) is 12.4. The summed E-state index contributed by atoms with van der Waals surface area (Å²) in [4.78, 5) is 43.2. The molecule has 3 amide bonds. The summed E-state index contributed by atoms with van der Waals surface area (Å²) in [6.07, 6.45) is 0. The number of nitrogens with zero attached hydrogens (tertiary/aromatic N) is 3. The number of hydrogen-bond acceptors (Lipinski definition) is 6. The average Bonchev–Trinajstić information content (AvgIpc) is 3.00. The van der Waals surface area contributed by atoms with Crippen LogP contribution in [0.5, 0.6) is 5.75 Å². The molecule has 0 saturated carbocycles. The molecule has 9 heteroatoms. The molecule has 0 fully saturated rings. The highest BCUT2D eigenvalue weighted by Crippen LogP contribution is 2.39. The van der Waals surface area contributed by atoms with Crippen molar-refractivity contribution >= 4 is 39.9 Å². The fraction of sp³-hybridized carbons (Fsp3) is 0.310. The van der Waals surface area contributed by atoms with E-state index in [-0.39, 0.29) is 24.3 Å². The number of carbonyl (C=O) groups is 3. The standard InChI is InChI=1S/C29H31N5O4/c1-17(31-4)28(36)32-27-18(2)34(19(3)35)25-14-20(15-30)10-12-24(25)33(29(27)37)16-23-22-9-7-6-8-21(22)11-13-26(23)38-5/h6-14,17-18,27,31H,16H2,1-5H3,(H,32,36)/t17?,18-,27-/m0/s1. The summed E-state index contributed by atoms with van der Waals surface area (Å²) >= 11 is 0. The van der Waals surface area contributed by atoms with Gasteiger partial charge in [0.25, 0.3) is 5.91 Å². The van der Waals surface area contributed by atoms with E-state index in [1.807, 2.05) is 36.4 Å². The van der Waals surface area contributed by atoms with Gasteiger partial charge in [-0.05, 0) is 55.9 Å². The van der Waals surface area contributed by atoms with Crippen molar-refractivity contribution in [2.24, 2.45) is 0 Å². The molecule has 0 aliphatic carbocycles. The van der Waals surface area contributed by atoms with E-state index >= 15 is 0 Å². The first-order chi connectivity index (χ1) is 18.2. The first kappa shape index (κ1) is 26.6. The Kier molecular flexibility index (Phi) is 7.65. The van der Waals surface area contributed by atoms with Crippen molar-refractivity contribution in [3.63, 3.8) is 0 Å². The first-order valence-electron chi connectivity index (χ1n) is 12.4. The lowest BCUT2D eigenvalue weighted by molar-refractivity contribution is -0.129. The Morgan fingerprint density at radius 2 is 1.87 bits per heavy atom.